The predicted octanol–water partition coefficient (Wildman–Crippen LogP) is 4.95. The van der Waals surface area contributed by atoms with Crippen molar-refractivity contribution in [2.75, 3.05) is 0 Å². The van der Waals surface area contributed by atoms with Crippen molar-refractivity contribution in [1.29, 1.82) is 0 Å². The van der Waals surface area contributed by atoms with E-state index < -0.39 is 50.9 Å². The average molecular weight is 553 g/mol. The number of aliphatic hydroxyl groups excluding tert-OH is 1. The second kappa shape index (κ2) is 9.65. The highest BCUT2D eigenvalue weighted by molar-refractivity contribution is 5.90. The Morgan fingerprint density at radius 2 is 1.27 bits per heavy atom. The van der Waals surface area contributed by atoms with Crippen molar-refractivity contribution >= 4 is 23.3 Å². The van der Waals surface area contributed by atoms with Gasteiger partial charge < -0.3 is 14.6 Å². The van der Waals surface area contributed by atoms with Gasteiger partial charge in [0.15, 0.2) is 0 Å². The molecular formula is C29H32N2O9. The summed E-state index contributed by atoms with van der Waals surface area (Å²) < 4.78 is 12.0. The maximum Gasteiger partial charge on any atom is 0.338 e. The predicted molar refractivity (Wildman–Crippen MR) is 141 cm³/mol. The van der Waals surface area contributed by atoms with Gasteiger partial charge in [-0.05, 0) is 48.4 Å². The van der Waals surface area contributed by atoms with E-state index in [0.717, 1.165) is 0 Å². The molecule has 40 heavy (non-hydrogen) atoms. The fraction of sp³-hybridized carbons (Fsp3) is 0.517. The van der Waals surface area contributed by atoms with E-state index in [0.29, 0.717) is 6.42 Å². The highest BCUT2D eigenvalue weighted by Gasteiger charge is 2.75. The summed E-state index contributed by atoms with van der Waals surface area (Å²) in [6, 6.07) is 10.5. The molecule has 2 aromatic rings. The summed E-state index contributed by atoms with van der Waals surface area (Å²) in [6.07, 6.45) is -1.12. The zero-order chi connectivity index (χ0) is 29.1. The Hall–Kier alpha value is -3.86. The molecule has 11 heteroatoms. The largest absolute Gasteiger partial charge is 0.458 e. The molecule has 0 unspecified atom stereocenters. The number of hydrogen-bond acceptors (Lipinski definition) is 9. The summed E-state index contributed by atoms with van der Waals surface area (Å²) in [5.41, 5.74) is -0.997. The number of nitro benzene ring substituents is 2. The van der Waals surface area contributed by atoms with Gasteiger partial charge in [0.2, 0.25) is 0 Å². The number of rotatable bonds is 6. The smallest absolute Gasteiger partial charge is 0.338 e. The number of ether oxygens (including phenoxy) is 2. The van der Waals surface area contributed by atoms with Crippen LogP contribution in [0.4, 0.5) is 11.4 Å². The van der Waals surface area contributed by atoms with Crippen molar-refractivity contribution in [2.24, 2.45) is 34.5 Å². The summed E-state index contributed by atoms with van der Waals surface area (Å²) >= 11 is 0. The number of hydrogen-bond donors (Lipinski definition) is 1. The molecular weight excluding hydrogens is 520 g/mol. The molecule has 212 valence electrons. The van der Waals surface area contributed by atoms with Crippen LogP contribution in [-0.4, -0.2) is 45.2 Å². The van der Waals surface area contributed by atoms with Crippen LogP contribution in [0.15, 0.2) is 48.5 Å². The molecule has 5 aliphatic carbocycles. The van der Waals surface area contributed by atoms with Crippen LogP contribution >= 0.6 is 0 Å². The SMILES string of the molecule is C[C@H]1C[C@@H](OC(=O)c2ccc([N+](=O)[O-])cc2)[C@@H]2[C@H]3[C@H]1[C@@]2(C)[C@H](O)C[C@@H](OC(=O)c1ccc([N+](=O)[O-])cc1)C3(C)C. The first kappa shape index (κ1) is 27.7. The number of benzene rings is 2. The Kier molecular flexibility index (Phi) is 6.68. The lowest BCUT2D eigenvalue weighted by molar-refractivity contribution is -0.385. The van der Waals surface area contributed by atoms with Gasteiger partial charge in [-0.2, -0.15) is 0 Å². The molecule has 5 saturated carbocycles. The normalized spacial score (nSPS) is 33.6. The number of carbonyl (C=O) groups is 2. The molecule has 2 aromatic carbocycles. The molecule has 0 amide bonds. The molecule has 0 spiro atoms. The number of carbonyl (C=O) groups excluding carboxylic acids is 2. The van der Waals surface area contributed by atoms with Gasteiger partial charge in [-0.25, -0.2) is 9.59 Å². The van der Waals surface area contributed by atoms with Gasteiger partial charge in [0.1, 0.15) is 12.2 Å². The molecule has 5 aliphatic rings. The van der Waals surface area contributed by atoms with Crippen molar-refractivity contribution in [3.05, 3.63) is 79.9 Å². The molecule has 7 rings (SSSR count). The number of nitrogens with zero attached hydrogens (tertiary/aromatic N) is 2. The Bertz CT molecular complexity index is 1360. The van der Waals surface area contributed by atoms with E-state index >= 15 is 0 Å². The minimum atomic E-state index is -0.821. The minimum absolute atomic E-state index is 0.0114. The number of nitro groups is 2. The monoisotopic (exact) mass is 552 g/mol. The average Bonchev–Trinajstić information content (AvgIpc) is 3.00. The Morgan fingerprint density at radius 3 is 1.75 bits per heavy atom. The van der Waals surface area contributed by atoms with Crippen LogP contribution in [0.3, 0.4) is 0 Å². The maximum absolute atomic E-state index is 13.1. The summed E-state index contributed by atoms with van der Waals surface area (Å²) in [5, 5.41) is 33.5. The fourth-order valence-electron chi connectivity index (χ4n) is 7.87. The molecule has 11 nitrogen and oxygen atoms in total. The van der Waals surface area contributed by atoms with Crippen LogP contribution in [0.25, 0.3) is 0 Å². The molecule has 0 heterocycles. The Labute approximate surface area is 230 Å². The Balaban J connectivity index is 1.39. The van der Waals surface area contributed by atoms with Crippen molar-refractivity contribution in [1.82, 2.24) is 0 Å². The van der Waals surface area contributed by atoms with E-state index in [-0.39, 0.29) is 52.6 Å². The second-order valence-electron chi connectivity index (χ2n) is 12.2. The standard InChI is InChI=1S/C29H32N2O9/c1-15-13-20(39-26(33)16-5-9-18(10-6-16)30(35)36)24-25-23(15)29(24,4)21(32)14-22(28(25,2)3)40-27(34)17-7-11-19(12-8-17)31(37)38/h5-12,15,20-25,32H,13-14H2,1-4H3/t15-,20+,21+,22+,23-,24+,25+,29+/m0/s1. The fourth-order valence-corrected chi connectivity index (χ4v) is 7.87. The van der Waals surface area contributed by atoms with Crippen LogP contribution in [0.1, 0.15) is 61.3 Å². The lowest BCUT2D eigenvalue weighted by atomic mass is 9.35. The molecule has 5 fully saturated rings. The van der Waals surface area contributed by atoms with E-state index in [1.807, 2.05) is 20.8 Å². The van der Waals surface area contributed by atoms with Gasteiger partial charge in [-0.15, -0.1) is 0 Å². The van der Waals surface area contributed by atoms with Gasteiger partial charge >= 0.3 is 11.9 Å². The highest BCUT2D eigenvalue weighted by Crippen LogP contribution is 2.74. The lowest BCUT2D eigenvalue weighted by Gasteiger charge is -2.70. The summed E-state index contributed by atoms with van der Waals surface area (Å²) in [7, 11) is 0. The van der Waals surface area contributed by atoms with Crippen molar-refractivity contribution in [3.63, 3.8) is 0 Å². The van der Waals surface area contributed by atoms with Gasteiger partial charge in [-0.3, -0.25) is 20.2 Å². The number of non-ortho nitro benzene ring substituents is 2. The van der Waals surface area contributed by atoms with Crippen LogP contribution in [0.5, 0.6) is 0 Å². The first-order valence-corrected chi connectivity index (χ1v) is 13.4. The quantitative estimate of drug-likeness (QED) is 0.297. The van der Waals surface area contributed by atoms with Gasteiger partial charge in [0.25, 0.3) is 11.4 Å². The van der Waals surface area contributed by atoms with Crippen LogP contribution in [0.2, 0.25) is 0 Å². The van der Waals surface area contributed by atoms with E-state index in [1.165, 1.54) is 48.5 Å². The van der Waals surface area contributed by atoms with Crippen molar-refractivity contribution in [2.45, 2.75) is 58.8 Å². The molecule has 1 N–H and O–H groups in total. The van der Waals surface area contributed by atoms with E-state index in [9.17, 15) is 34.9 Å². The minimum Gasteiger partial charge on any atom is -0.458 e. The molecule has 4 bridgehead atoms. The van der Waals surface area contributed by atoms with Gasteiger partial charge in [-0.1, -0.05) is 27.7 Å². The molecule has 0 aromatic heterocycles. The van der Waals surface area contributed by atoms with Crippen molar-refractivity contribution < 1.29 is 34.0 Å². The first-order valence-electron chi connectivity index (χ1n) is 13.4. The third kappa shape index (κ3) is 4.23. The van der Waals surface area contributed by atoms with Gasteiger partial charge in [0.05, 0.1) is 27.1 Å². The lowest BCUT2D eigenvalue weighted by Crippen LogP contribution is -2.71. The number of fused-ring (bicyclic) bond motifs is 5. The third-order valence-corrected chi connectivity index (χ3v) is 9.81. The number of aliphatic hydroxyl groups is 1. The van der Waals surface area contributed by atoms with Crippen LogP contribution in [0, 0.1) is 54.7 Å². The van der Waals surface area contributed by atoms with E-state index in [2.05, 4.69) is 6.92 Å². The third-order valence-electron chi connectivity index (χ3n) is 9.81. The topological polar surface area (TPSA) is 159 Å². The summed E-state index contributed by atoms with van der Waals surface area (Å²) in [4.78, 5) is 47.0. The maximum atomic E-state index is 13.1. The Morgan fingerprint density at radius 1 is 0.800 bits per heavy atom. The summed E-state index contributed by atoms with van der Waals surface area (Å²) in [5.74, 6) is -1.14. The van der Waals surface area contributed by atoms with E-state index in [4.69, 9.17) is 9.47 Å². The first-order chi connectivity index (χ1) is 18.8. The van der Waals surface area contributed by atoms with Gasteiger partial charge in [0, 0.05) is 47.4 Å². The second-order valence-corrected chi connectivity index (χ2v) is 12.2. The molecule has 0 saturated heterocycles. The van der Waals surface area contributed by atoms with Crippen LogP contribution in [-0.2, 0) is 9.47 Å². The molecule has 8 atom stereocenters. The summed E-state index contributed by atoms with van der Waals surface area (Å²) in [6.45, 7) is 8.12. The van der Waals surface area contributed by atoms with E-state index in [1.54, 1.807) is 0 Å². The molecule has 0 radical (unpaired) electrons. The van der Waals surface area contributed by atoms with Crippen LogP contribution < -0.4 is 0 Å². The molecule has 0 aliphatic heterocycles. The zero-order valence-corrected chi connectivity index (χ0v) is 22.7. The van der Waals surface area contributed by atoms with Crippen molar-refractivity contribution in [3.8, 4) is 0 Å². The number of esters is 2. The highest BCUT2D eigenvalue weighted by atomic mass is 16.6. The zero-order valence-electron chi connectivity index (χ0n) is 22.7.